The van der Waals surface area contributed by atoms with Crippen LogP contribution in [0, 0.1) is 23.2 Å². The number of carbonyl (C=O) groups excluding carboxylic acids is 1. The van der Waals surface area contributed by atoms with Gasteiger partial charge in [-0.15, -0.1) is 0 Å². The third-order valence-electron chi connectivity index (χ3n) is 10.8. The smallest absolute Gasteiger partial charge is 0.185 e. The number of likely N-dealkylation sites (N-methyl/N-ethyl adjacent to an activating group) is 2. The van der Waals surface area contributed by atoms with E-state index in [1.165, 1.54) is 0 Å². The van der Waals surface area contributed by atoms with Gasteiger partial charge in [0, 0.05) is 70.5 Å². The van der Waals surface area contributed by atoms with Crippen molar-refractivity contribution in [3.8, 4) is 0 Å². The molecule has 3 aliphatic rings. The lowest BCUT2D eigenvalue weighted by molar-refractivity contribution is -0.296. The lowest BCUT2D eigenvalue weighted by atomic mass is 9.74. The molecule has 264 valence electrons. The summed E-state index contributed by atoms with van der Waals surface area (Å²) in [7, 11) is 9.57. The number of likely N-dealkylation sites (tertiary alicyclic amines) is 1. The van der Waals surface area contributed by atoms with Gasteiger partial charge >= 0.3 is 0 Å². The van der Waals surface area contributed by atoms with Crippen LogP contribution in [0.4, 0.5) is 0 Å². The predicted molar refractivity (Wildman–Crippen MR) is 175 cm³/mol. The van der Waals surface area contributed by atoms with E-state index in [9.17, 15) is 15.0 Å². The number of ether oxygens (including phenoxy) is 4. The van der Waals surface area contributed by atoms with E-state index in [2.05, 4.69) is 28.9 Å². The van der Waals surface area contributed by atoms with Crippen LogP contribution in [0.5, 0.6) is 0 Å². The molecule has 1 aromatic rings. The number of rotatable bonds is 7. The maximum absolute atomic E-state index is 14.3. The van der Waals surface area contributed by atoms with Crippen LogP contribution in [-0.4, -0.2) is 144 Å². The molecule has 12 heteroatoms. The molecule has 12 nitrogen and oxygen atoms in total. The van der Waals surface area contributed by atoms with Crippen molar-refractivity contribution in [3.63, 3.8) is 0 Å². The van der Waals surface area contributed by atoms with Crippen LogP contribution in [0.25, 0.3) is 0 Å². The highest BCUT2D eigenvalue weighted by Crippen LogP contribution is 2.39. The van der Waals surface area contributed by atoms with Gasteiger partial charge in [-0.1, -0.05) is 13.8 Å². The number of aryl methyl sites for hydroxylation is 1. The zero-order chi connectivity index (χ0) is 34.1. The van der Waals surface area contributed by atoms with E-state index < -0.39 is 41.7 Å². The number of aliphatic hydroxyl groups is 2. The molecule has 3 saturated heterocycles. The van der Waals surface area contributed by atoms with E-state index in [0.29, 0.717) is 25.4 Å². The van der Waals surface area contributed by atoms with E-state index in [1.54, 1.807) is 21.0 Å². The monoisotopic (exact) mass is 651 g/mol. The van der Waals surface area contributed by atoms with Gasteiger partial charge < -0.3 is 39.0 Å². The van der Waals surface area contributed by atoms with E-state index >= 15 is 0 Å². The standard InChI is InChI=1S/C34H61N5O7/c1-21-15-34(6,43-11)30(46-31-28(40)26(36(7)8)14-22(2)45-31)23(3)29(41)33(4,5)32(42)44-20-27(37(9)16-21)24-17-39(18-24)19-25-12-13-38(10)35-25/h12-13,21-24,26-28,30-32,40,42H,14-20H2,1-11H3/t21-,22-,23+,26+,27+,28-,30-,31+,32?,34-/m1/s1. The first-order valence-electron chi connectivity index (χ1n) is 16.9. The summed E-state index contributed by atoms with van der Waals surface area (Å²) in [5, 5.41) is 27.3. The summed E-state index contributed by atoms with van der Waals surface area (Å²) in [5.74, 6) is -0.382. The van der Waals surface area contributed by atoms with Crippen LogP contribution < -0.4 is 0 Å². The van der Waals surface area contributed by atoms with Gasteiger partial charge in [-0.2, -0.15) is 5.10 Å². The molecule has 4 rings (SSSR count). The lowest BCUT2D eigenvalue weighted by Crippen LogP contribution is -2.59. The van der Waals surface area contributed by atoms with Gasteiger partial charge in [-0.05, 0) is 73.7 Å². The molecule has 2 N–H and O–H groups in total. The minimum atomic E-state index is -1.31. The SMILES string of the molecule is CO[C@]1(C)C[C@@H](C)CN(C)[C@H](C2CN(Cc3ccn(C)n3)C2)COC(O)C(C)(C)C(=O)[C@H](C)[C@H]1O[C@@H]1O[C@H](C)C[C@H](N(C)C)[C@H]1O. The molecule has 0 aromatic carbocycles. The Morgan fingerprint density at radius 1 is 1.11 bits per heavy atom. The second kappa shape index (κ2) is 15.0. The van der Waals surface area contributed by atoms with Crippen molar-refractivity contribution in [3.05, 3.63) is 18.0 Å². The molecule has 4 heterocycles. The van der Waals surface area contributed by atoms with E-state index in [4.69, 9.17) is 18.9 Å². The minimum Gasteiger partial charge on any atom is -0.386 e. The van der Waals surface area contributed by atoms with Crippen molar-refractivity contribution in [2.45, 2.75) is 110 Å². The summed E-state index contributed by atoms with van der Waals surface area (Å²) < 4.78 is 27.1. The molecule has 0 aliphatic carbocycles. The Bertz CT molecular complexity index is 1140. The molecule has 10 atom stereocenters. The van der Waals surface area contributed by atoms with Crippen LogP contribution in [0.3, 0.4) is 0 Å². The Labute approximate surface area is 276 Å². The highest BCUT2D eigenvalue weighted by Gasteiger charge is 2.51. The molecule has 1 aromatic heterocycles. The third kappa shape index (κ3) is 8.20. The van der Waals surface area contributed by atoms with E-state index in [1.807, 2.05) is 63.8 Å². The van der Waals surface area contributed by atoms with Crippen molar-refractivity contribution < 1.29 is 34.0 Å². The molecular weight excluding hydrogens is 590 g/mol. The van der Waals surface area contributed by atoms with Crippen molar-refractivity contribution in [2.24, 2.45) is 30.2 Å². The van der Waals surface area contributed by atoms with Gasteiger partial charge in [0.1, 0.15) is 11.9 Å². The number of hydrogen-bond donors (Lipinski definition) is 2. The molecule has 0 bridgehead atoms. The largest absolute Gasteiger partial charge is 0.386 e. The number of methoxy groups -OCH3 is 1. The first kappa shape index (κ1) is 37.3. The van der Waals surface area contributed by atoms with Crippen LogP contribution >= 0.6 is 0 Å². The normalized spacial score (nSPS) is 39.4. The van der Waals surface area contributed by atoms with E-state index in [-0.39, 0.29) is 29.9 Å². The Morgan fingerprint density at radius 3 is 2.37 bits per heavy atom. The summed E-state index contributed by atoms with van der Waals surface area (Å²) in [6, 6.07) is 1.94. The molecule has 3 fully saturated rings. The first-order chi connectivity index (χ1) is 21.5. The summed E-state index contributed by atoms with van der Waals surface area (Å²) in [5.41, 5.74) is -1.07. The van der Waals surface area contributed by atoms with Gasteiger partial charge in [0.2, 0.25) is 0 Å². The van der Waals surface area contributed by atoms with Crippen LogP contribution in [0.15, 0.2) is 12.3 Å². The molecule has 46 heavy (non-hydrogen) atoms. The van der Waals surface area contributed by atoms with Crippen molar-refractivity contribution in [2.75, 3.05) is 54.5 Å². The molecule has 3 aliphatic heterocycles. The zero-order valence-electron chi connectivity index (χ0n) is 30.0. The highest BCUT2D eigenvalue weighted by molar-refractivity contribution is 5.87. The number of Topliss-reactive ketones (excluding diaryl/α,β-unsaturated/α-hetero) is 1. The number of nitrogens with zero attached hydrogens (tertiary/aromatic N) is 5. The van der Waals surface area contributed by atoms with Crippen LogP contribution in [-0.2, 0) is 37.3 Å². The van der Waals surface area contributed by atoms with Crippen molar-refractivity contribution in [1.82, 2.24) is 24.5 Å². The fraction of sp³-hybridized carbons (Fsp3) is 0.882. The molecule has 0 spiro atoms. The summed E-state index contributed by atoms with van der Waals surface area (Å²) >= 11 is 0. The predicted octanol–water partition coefficient (Wildman–Crippen LogP) is 1.97. The van der Waals surface area contributed by atoms with Gasteiger partial charge in [0.05, 0.1) is 35.5 Å². The second-order valence-electron chi connectivity index (χ2n) is 15.5. The molecular formula is C34H61N5O7. The highest BCUT2D eigenvalue weighted by atomic mass is 16.7. The third-order valence-corrected chi connectivity index (χ3v) is 10.8. The van der Waals surface area contributed by atoms with Gasteiger partial charge in [0.15, 0.2) is 12.6 Å². The lowest BCUT2D eigenvalue weighted by Gasteiger charge is -2.47. The maximum atomic E-state index is 14.3. The summed E-state index contributed by atoms with van der Waals surface area (Å²) in [6.07, 6.45) is -0.837. The second-order valence-corrected chi connectivity index (χ2v) is 15.5. The Balaban J connectivity index is 1.58. The topological polar surface area (TPSA) is 122 Å². The average Bonchev–Trinajstić information content (AvgIpc) is 3.38. The van der Waals surface area contributed by atoms with E-state index in [0.717, 1.165) is 31.9 Å². The first-order valence-corrected chi connectivity index (χ1v) is 16.9. The summed E-state index contributed by atoms with van der Waals surface area (Å²) in [4.78, 5) is 21.0. The number of aliphatic hydroxyl groups excluding tert-OH is 2. The molecule has 0 radical (unpaired) electrons. The molecule has 1 unspecified atom stereocenters. The van der Waals surface area contributed by atoms with Crippen LogP contribution in [0.1, 0.15) is 60.1 Å². The number of carbonyl (C=O) groups is 1. The minimum absolute atomic E-state index is 0.0530. The fourth-order valence-corrected chi connectivity index (χ4v) is 7.92. The summed E-state index contributed by atoms with van der Waals surface area (Å²) in [6.45, 7) is 15.1. The Hall–Kier alpha value is -1.48. The number of ketones is 1. The quantitative estimate of drug-likeness (QED) is 0.450. The van der Waals surface area contributed by atoms with Crippen molar-refractivity contribution in [1.29, 1.82) is 0 Å². The number of hydrogen-bond acceptors (Lipinski definition) is 11. The average molecular weight is 652 g/mol. The Kier molecular flexibility index (Phi) is 12.1. The van der Waals surface area contributed by atoms with Gasteiger partial charge in [-0.3, -0.25) is 14.4 Å². The molecule has 0 amide bonds. The zero-order valence-corrected chi connectivity index (χ0v) is 30.0. The van der Waals surface area contributed by atoms with Gasteiger partial charge in [0.25, 0.3) is 0 Å². The Morgan fingerprint density at radius 2 is 1.78 bits per heavy atom. The van der Waals surface area contributed by atoms with Gasteiger partial charge in [-0.25, -0.2) is 0 Å². The molecule has 0 saturated carbocycles. The maximum Gasteiger partial charge on any atom is 0.185 e. The van der Waals surface area contributed by atoms with Crippen molar-refractivity contribution >= 4 is 5.78 Å². The van der Waals surface area contributed by atoms with Crippen LogP contribution in [0.2, 0.25) is 0 Å². The fourth-order valence-electron chi connectivity index (χ4n) is 7.92. The number of aromatic nitrogens is 2.